The molecule has 0 unspecified atom stereocenters. The predicted molar refractivity (Wildman–Crippen MR) is 84.2 cm³/mol. The van der Waals surface area contributed by atoms with Gasteiger partial charge in [0.05, 0.1) is 11.3 Å². The molecule has 1 aromatic carbocycles. The van der Waals surface area contributed by atoms with Gasteiger partial charge in [-0.25, -0.2) is 0 Å². The first-order valence-electron chi connectivity index (χ1n) is 6.51. The van der Waals surface area contributed by atoms with Crippen LogP contribution in [0.2, 0.25) is 0 Å². The summed E-state index contributed by atoms with van der Waals surface area (Å²) in [6.45, 7) is 0. The molecule has 0 fully saturated rings. The number of carboxylic acids is 1. The lowest BCUT2D eigenvalue weighted by atomic mass is 10.2. The van der Waals surface area contributed by atoms with Crippen molar-refractivity contribution in [3.63, 3.8) is 0 Å². The molecule has 3 N–H and O–H groups in total. The van der Waals surface area contributed by atoms with Crippen molar-refractivity contribution in [3.05, 3.63) is 46.7 Å². The maximum Gasteiger partial charge on any atom is 0.303 e. The van der Waals surface area contributed by atoms with Gasteiger partial charge in [-0.2, -0.15) is 0 Å². The van der Waals surface area contributed by atoms with E-state index in [1.165, 1.54) is 11.3 Å². The molecule has 1 aromatic heterocycles. The second kappa shape index (κ2) is 7.37. The molecule has 0 aliphatic rings. The van der Waals surface area contributed by atoms with E-state index in [-0.39, 0.29) is 24.7 Å². The minimum atomic E-state index is -1.02. The maximum atomic E-state index is 11.9. The van der Waals surface area contributed by atoms with Crippen LogP contribution in [-0.2, 0) is 9.59 Å². The van der Waals surface area contributed by atoms with Gasteiger partial charge in [-0.05, 0) is 29.6 Å². The van der Waals surface area contributed by atoms with Gasteiger partial charge in [-0.3, -0.25) is 14.4 Å². The number of carbonyl (C=O) groups excluding carboxylic acids is 2. The van der Waals surface area contributed by atoms with E-state index in [0.717, 1.165) is 0 Å². The topological polar surface area (TPSA) is 95.5 Å². The fourth-order valence-corrected chi connectivity index (χ4v) is 2.34. The number of carbonyl (C=O) groups is 3. The van der Waals surface area contributed by atoms with Crippen molar-refractivity contribution >= 4 is 40.5 Å². The van der Waals surface area contributed by atoms with Gasteiger partial charge in [0.25, 0.3) is 5.91 Å². The smallest absolute Gasteiger partial charge is 0.303 e. The Morgan fingerprint density at radius 2 is 1.73 bits per heavy atom. The maximum absolute atomic E-state index is 11.9. The molecule has 0 saturated heterocycles. The molecule has 0 atom stereocenters. The number of rotatable bonds is 6. The van der Waals surface area contributed by atoms with Crippen LogP contribution in [0.3, 0.4) is 0 Å². The fraction of sp³-hybridized carbons (Fsp3) is 0.133. The lowest BCUT2D eigenvalue weighted by Gasteiger charge is -2.08. The Morgan fingerprint density at radius 3 is 2.36 bits per heavy atom. The van der Waals surface area contributed by atoms with Crippen LogP contribution in [0.4, 0.5) is 11.4 Å². The molecule has 0 spiro atoms. The molecule has 7 heteroatoms. The zero-order chi connectivity index (χ0) is 15.9. The SMILES string of the molecule is O=C(O)CCC(=O)Nc1cccc(NC(=O)c2cccs2)c1. The summed E-state index contributed by atoms with van der Waals surface area (Å²) in [6.07, 6.45) is -0.318. The zero-order valence-corrected chi connectivity index (χ0v) is 12.4. The number of hydrogen-bond acceptors (Lipinski definition) is 4. The molecule has 2 aromatic rings. The van der Waals surface area contributed by atoms with E-state index in [4.69, 9.17) is 5.11 Å². The monoisotopic (exact) mass is 318 g/mol. The number of carboxylic acid groups (broad SMARTS) is 1. The first-order valence-corrected chi connectivity index (χ1v) is 7.39. The van der Waals surface area contributed by atoms with Crippen LogP contribution in [0, 0.1) is 0 Å². The molecule has 114 valence electrons. The highest BCUT2D eigenvalue weighted by molar-refractivity contribution is 7.12. The molecular weight excluding hydrogens is 304 g/mol. The van der Waals surface area contributed by atoms with E-state index in [2.05, 4.69) is 10.6 Å². The Bertz CT molecular complexity index is 683. The van der Waals surface area contributed by atoms with Gasteiger partial charge < -0.3 is 15.7 Å². The fourth-order valence-electron chi connectivity index (χ4n) is 1.72. The lowest BCUT2D eigenvalue weighted by Crippen LogP contribution is -2.14. The standard InChI is InChI=1S/C15H14N2O4S/c18-13(6-7-14(19)20)16-10-3-1-4-11(9-10)17-15(21)12-5-2-8-22-12/h1-5,8-9H,6-7H2,(H,16,18)(H,17,21)(H,19,20). The highest BCUT2D eigenvalue weighted by Crippen LogP contribution is 2.17. The van der Waals surface area contributed by atoms with Crippen molar-refractivity contribution in [1.29, 1.82) is 0 Å². The molecule has 0 radical (unpaired) electrons. The predicted octanol–water partition coefficient (Wildman–Crippen LogP) is 2.80. The molecule has 2 amide bonds. The summed E-state index contributed by atoms with van der Waals surface area (Å²) in [6, 6.07) is 10.2. The third kappa shape index (κ3) is 4.71. The summed E-state index contributed by atoms with van der Waals surface area (Å²) in [5, 5.41) is 15.7. The second-order valence-corrected chi connectivity index (χ2v) is 5.40. The summed E-state index contributed by atoms with van der Waals surface area (Å²) < 4.78 is 0. The Labute approximate surface area is 130 Å². The van der Waals surface area contributed by atoms with Crippen molar-refractivity contribution < 1.29 is 19.5 Å². The highest BCUT2D eigenvalue weighted by atomic mass is 32.1. The summed E-state index contributed by atoms with van der Waals surface area (Å²) in [7, 11) is 0. The van der Waals surface area contributed by atoms with Gasteiger partial charge in [0.15, 0.2) is 0 Å². The third-order valence-electron chi connectivity index (χ3n) is 2.72. The number of nitrogens with one attached hydrogen (secondary N) is 2. The zero-order valence-electron chi connectivity index (χ0n) is 11.5. The molecule has 2 rings (SSSR count). The van der Waals surface area contributed by atoms with E-state index in [1.807, 2.05) is 5.38 Å². The summed E-state index contributed by atoms with van der Waals surface area (Å²) >= 11 is 1.34. The van der Waals surface area contributed by atoms with Gasteiger partial charge in [0.1, 0.15) is 0 Å². The summed E-state index contributed by atoms with van der Waals surface area (Å²) in [5.74, 6) is -1.62. The Kier molecular flexibility index (Phi) is 5.26. The van der Waals surface area contributed by atoms with Gasteiger partial charge in [-0.15, -0.1) is 11.3 Å². The van der Waals surface area contributed by atoms with E-state index in [1.54, 1.807) is 36.4 Å². The van der Waals surface area contributed by atoms with Crippen molar-refractivity contribution in [2.24, 2.45) is 0 Å². The van der Waals surface area contributed by atoms with Gasteiger partial charge >= 0.3 is 5.97 Å². The van der Waals surface area contributed by atoms with Crippen molar-refractivity contribution in [1.82, 2.24) is 0 Å². The summed E-state index contributed by atoms with van der Waals surface area (Å²) in [5.41, 5.74) is 1.05. The van der Waals surface area contributed by atoms with Crippen LogP contribution in [0.5, 0.6) is 0 Å². The van der Waals surface area contributed by atoms with E-state index in [0.29, 0.717) is 16.3 Å². The Morgan fingerprint density at radius 1 is 1.00 bits per heavy atom. The molecular formula is C15H14N2O4S. The van der Waals surface area contributed by atoms with Gasteiger partial charge in [0, 0.05) is 17.8 Å². The summed E-state index contributed by atoms with van der Waals surface area (Å²) in [4.78, 5) is 34.5. The van der Waals surface area contributed by atoms with Crippen LogP contribution in [0.25, 0.3) is 0 Å². The number of aliphatic carboxylic acids is 1. The van der Waals surface area contributed by atoms with Crippen molar-refractivity contribution in [3.8, 4) is 0 Å². The van der Waals surface area contributed by atoms with Crippen LogP contribution < -0.4 is 10.6 Å². The normalized spacial score (nSPS) is 10.0. The molecule has 0 saturated carbocycles. The molecule has 1 heterocycles. The number of benzene rings is 1. The van der Waals surface area contributed by atoms with E-state index in [9.17, 15) is 14.4 Å². The third-order valence-corrected chi connectivity index (χ3v) is 3.58. The second-order valence-electron chi connectivity index (χ2n) is 4.45. The van der Waals surface area contributed by atoms with Crippen LogP contribution in [-0.4, -0.2) is 22.9 Å². The van der Waals surface area contributed by atoms with Crippen LogP contribution in [0.1, 0.15) is 22.5 Å². The molecule has 0 aliphatic carbocycles. The van der Waals surface area contributed by atoms with E-state index < -0.39 is 5.97 Å². The van der Waals surface area contributed by atoms with Crippen molar-refractivity contribution in [2.75, 3.05) is 10.6 Å². The number of thiophene rings is 1. The minimum absolute atomic E-state index is 0.0961. The van der Waals surface area contributed by atoms with E-state index >= 15 is 0 Å². The number of amides is 2. The first kappa shape index (κ1) is 15.7. The molecule has 0 bridgehead atoms. The number of hydrogen-bond donors (Lipinski definition) is 3. The largest absolute Gasteiger partial charge is 0.481 e. The average Bonchev–Trinajstić information content (AvgIpc) is 3.00. The quantitative estimate of drug-likeness (QED) is 0.763. The first-order chi connectivity index (χ1) is 10.5. The molecule has 22 heavy (non-hydrogen) atoms. The molecule has 0 aliphatic heterocycles. The van der Waals surface area contributed by atoms with Crippen LogP contribution in [0.15, 0.2) is 41.8 Å². The highest BCUT2D eigenvalue weighted by Gasteiger charge is 2.09. The van der Waals surface area contributed by atoms with Gasteiger partial charge in [0.2, 0.25) is 5.91 Å². The average molecular weight is 318 g/mol. The number of anilines is 2. The van der Waals surface area contributed by atoms with Crippen LogP contribution >= 0.6 is 11.3 Å². The lowest BCUT2D eigenvalue weighted by molar-refractivity contribution is -0.138. The van der Waals surface area contributed by atoms with Gasteiger partial charge in [-0.1, -0.05) is 12.1 Å². The molecule has 6 nitrogen and oxygen atoms in total. The Hall–Kier alpha value is -2.67. The Balaban J connectivity index is 1.96. The minimum Gasteiger partial charge on any atom is -0.481 e. The van der Waals surface area contributed by atoms with Crippen molar-refractivity contribution in [2.45, 2.75) is 12.8 Å².